The van der Waals surface area contributed by atoms with Gasteiger partial charge in [0, 0.05) is 11.6 Å². The smallest absolute Gasteiger partial charge is 0.258 e. The van der Waals surface area contributed by atoms with Crippen molar-refractivity contribution in [1.29, 1.82) is 0 Å². The van der Waals surface area contributed by atoms with Gasteiger partial charge in [-0.25, -0.2) is 0 Å². The van der Waals surface area contributed by atoms with Crippen LogP contribution in [0.5, 0.6) is 0 Å². The second-order valence-corrected chi connectivity index (χ2v) is 4.07. The van der Waals surface area contributed by atoms with Crippen molar-refractivity contribution in [1.82, 2.24) is 0 Å². The van der Waals surface area contributed by atoms with Crippen LogP contribution in [-0.2, 0) is 0 Å². The lowest BCUT2D eigenvalue weighted by Gasteiger charge is -2.05. The lowest BCUT2D eigenvalue weighted by atomic mass is 10.0. The molecule has 0 unspecified atom stereocenters. The first kappa shape index (κ1) is 11.9. The Morgan fingerprint density at radius 2 is 1.94 bits per heavy atom. The molecule has 0 fully saturated rings. The Bertz CT molecular complexity index is 584. The van der Waals surface area contributed by atoms with E-state index < -0.39 is 4.92 Å². The summed E-state index contributed by atoms with van der Waals surface area (Å²) in [5.41, 5.74) is 0.799. The van der Waals surface area contributed by atoms with Crippen molar-refractivity contribution in [3.8, 4) is 11.1 Å². The molecule has 2 rings (SSSR count). The number of rotatable bonds is 2. The maximum Gasteiger partial charge on any atom is 0.277 e. The predicted octanol–water partition coefficient (Wildman–Crippen LogP) is 4.37. The van der Waals surface area contributed by atoms with Gasteiger partial charge in [0.2, 0.25) is 0 Å². The van der Waals surface area contributed by atoms with Crippen LogP contribution in [0.2, 0.25) is 10.0 Å². The van der Waals surface area contributed by atoms with Crippen LogP contribution in [0.25, 0.3) is 11.1 Å². The van der Waals surface area contributed by atoms with E-state index >= 15 is 0 Å². The highest BCUT2D eigenvalue weighted by Gasteiger charge is 2.17. The van der Waals surface area contributed by atoms with E-state index in [0.717, 1.165) is 0 Å². The molecule has 0 saturated heterocycles. The van der Waals surface area contributed by atoms with Crippen molar-refractivity contribution in [3.63, 3.8) is 0 Å². The minimum absolute atomic E-state index is 0.0448. The molecule has 17 heavy (non-hydrogen) atoms. The van der Waals surface area contributed by atoms with Gasteiger partial charge in [0.25, 0.3) is 5.69 Å². The SMILES string of the molecule is O=[N+]([O-])c1ccc[c]c1-c1cccc(Cl)c1Cl. The third-order valence-corrected chi connectivity index (χ3v) is 3.07. The number of hydrogen-bond acceptors (Lipinski definition) is 2. The number of benzene rings is 2. The highest BCUT2D eigenvalue weighted by atomic mass is 35.5. The zero-order chi connectivity index (χ0) is 12.4. The van der Waals surface area contributed by atoms with Gasteiger partial charge >= 0.3 is 0 Å². The number of nitrogens with zero attached hydrogens (tertiary/aromatic N) is 1. The highest BCUT2D eigenvalue weighted by Crippen LogP contribution is 2.37. The number of hydrogen-bond donors (Lipinski definition) is 0. The Morgan fingerprint density at radius 3 is 2.65 bits per heavy atom. The zero-order valence-corrected chi connectivity index (χ0v) is 10.00. The van der Waals surface area contributed by atoms with Crippen molar-refractivity contribution in [3.05, 3.63) is 62.6 Å². The van der Waals surface area contributed by atoms with Crippen LogP contribution in [0.4, 0.5) is 5.69 Å². The molecular formula is C12H6Cl2NO2. The predicted molar refractivity (Wildman–Crippen MR) is 67.4 cm³/mol. The van der Waals surface area contributed by atoms with Gasteiger partial charge in [-0.3, -0.25) is 10.1 Å². The molecule has 2 aromatic rings. The molecule has 0 N–H and O–H groups in total. The van der Waals surface area contributed by atoms with Crippen LogP contribution in [0, 0.1) is 16.2 Å². The van der Waals surface area contributed by atoms with E-state index in [1.54, 1.807) is 30.3 Å². The van der Waals surface area contributed by atoms with Gasteiger partial charge in [0.15, 0.2) is 0 Å². The molecule has 0 heterocycles. The van der Waals surface area contributed by atoms with E-state index in [1.807, 2.05) is 0 Å². The Morgan fingerprint density at radius 1 is 1.18 bits per heavy atom. The van der Waals surface area contributed by atoms with Gasteiger partial charge in [-0.05, 0) is 12.1 Å². The average molecular weight is 267 g/mol. The van der Waals surface area contributed by atoms with Crippen LogP contribution in [0.15, 0.2) is 36.4 Å². The number of nitro groups is 1. The van der Waals surface area contributed by atoms with Gasteiger partial charge in [0.05, 0.1) is 20.5 Å². The molecule has 0 aliphatic heterocycles. The Labute approximate surface area is 108 Å². The Kier molecular flexibility index (Phi) is 3.31. The quantitative estimate of drug-likeness (QED) is 0.599. The van der Waals surface area contributed by atoms with Crippen LogP contribution < -0.4 is 0 Å². The third-order valence-electron chi connectivity index (χ3n) is 2.25. The van der Waals surface area contributed by atoms with Crippen molar-refractivity contribution < 1.29 is 4.92 Å². The Hall–Kier alpha value is -1.58. The zero-order valence-electron chi connectivity index (χ0n) is 8.48. The standard InChI is InChI=1S/C12H6Cl2NO2/c13-10-6-3-5-9(12(10)14)8-4-1-2-7-11(8)15(16)17/h1-3,5-7H. The fourth-order valence-electron chi connectivity index (χ4n) is 1.49. The van der Waals surface area contributed by atoms with Gasteiger partial charge in [0.1, 0.15) is 0 Å². The summed E-state index contributed by atoms with van der Waals surface area (Å²) < 4.78 is 0. The second kappa shape index (κ2) is 4.73. The van der Waals surface area contributed by atoms with E-state index in [2.05, 4.69) is 6.07 Å². The van der Waals surface area contributed by atoms with Crippen molar-refractivity contribution >= 4 is 28.9 Å². The molecule has 0 bridgehead atoms. The molecular weight excluding hydrogens is 261 g/mol. The molecule has 85 valence electrons. The van der Waals surface area contributed by atoms with E-state index in [4.69, 9.17) is 23.2 Å². The fraction of sp³-hybridized carbons (Fsp3) is 0. The van der Waals surface area contributed by atoms with Crippen LogP contribution in [-0.4, -0.2) is 4.92 Å². The lowest BCUT2D eigenvalue weighted by molar-refractivity contribution is -0.384. The van der Waals surface area contributed by atoms with E-state index in [9.17, 15) is 10.1 Å². The molecule has 0 atom stereocenters. The van der Waals surface area contributed by atoms with E-state index in [-0.39, 0.29) is 5.69 Å². The maximum atomic E-state index is 10.9. The second-order valence-electron chi connectivity index (χ2n) is 3.29. The molecule has 3 nitrogen and oxygen atoms in total. The first-order valence-corrected chi connectivity index (χ1v) is 5.46. The van der Waals surface area contributed by atoms with Crippen molar-refractivity contribution in [2.24, 2.45) is 0 Å². The number of halogens is 2. The maximum absolute atomic E-state index is 10.9. The fourth-order valence-corrected chi connectivity index (χ4v) is 1.89. The van der Waals surface area contributed by atoms with Gasteiger partial charge in [-0.1, -0.05) is 47.5 Å². The first-order chi connectivity index (χ1) is 8.11. The summed E-state index contributed by atoms with van der Waals surface area (Å²) in [5.74, 6) is 0. The van der Waals surface area contributed by atoms with Gasteiger partial charge in [-0.15, -0.1) is 0 Å². The van der Waals surface area contributed by atoms with Gasteiger partial charge < -0.3 is 0 Å². The Balaban J connectivity index is 2.69. The molecule has 0 aromatic heterocycles. The molecule has 0 amide bonds. The number of nitro benzene ring substituents is 1. The average Bonchev–Trinajstić information content (AvgIpc) is 2.33. The van der Waals surface area contributed by atoms with Crippen molar-refractivity contribution in [2.75, 3.05) is 0 Å². The lowest BCUT2D eigenvalue weighted by Crippen LogP contribution is -1.92. The largest absolute Gasteiger partial charge is 0.277 e. The normalized spacial score (nSPS) is 10.2. The monoisotopic (exact) mass is 266 g/mol. The summed E-state index contributed by atoms with van der Waals surface area (Å²) >= 11 is 11.9. The van der Waals surface area contributed by atoms with Crippen LogP contribution in [0.3, 0.4) is 0 Å². The molecule has 1 radical (unpaired) electrons. The summed E-state index contributed by atoms with van der Waals surface area (Å²) in [6.07, 6.45) is 0. The molecule has 0 aliphatic rings. The first-order valence-electron chi connectivity index (χ1n) is 4.70. The molecule has 0 spiro atoms. The molecule has 5 heteroatoms. The summed E-state index contributed by atoms with van der Waals surface area (Å²) in [5, 5.41) is 11.5. The molecule has 0 saturated carbocycles. The highest BCUT2D eigenvalue weighted by molar-refractivity contribution is 6.43. The summed E-state index contributed by atoms with van der Waals surface area (Å²) in [7, 11) is 0. The van der Waals surface area contributed by atoms with E-state index in [0.29, 0.717) is 21.2 Å². The topological polar surface area (TPSA) is 43.1 Å². The summed E-state index contributed by atoms with van der Waals surface area (Å²) in [6, 6.07) is 12.4. The third kappa shape index (κ3) is 2.25. The summed E-state index contributed by atoms with van der Waals surface area (Å²) in [4.78, 5) is 10.4. The van der Waals surface area contributed by atoms with E-state index in [1.165, 1.54) is 6.07 Å². The summed E-state index contributed by atoms with van der Waals surface area (Å²) in [6.45, 7) is 0. The van der Waals surface area contributed by atoms with Crippen LogP contribution in [0.1, 0.15) is 0 Å². The van der Waals surface area contributed by atoms with Crippen LogP contribution >= 0.6 is 23.2 Å². The minimum atomic E-state index is -0.469. The van der Waals surface area contributed by atoms with Gasteiger partial charge in [-0.2, -0.15) is 0 Å². The van der Waals surface area contributed by atoms with Crippen molar-refractivity contribution in [2.45, 2.75) is 0 Å². The minimum Gasteiger partial charge on any atom is -0.258 e. The molecule has 2 aromatic carbocycles. The molecule has 0 aliphatic carbocycles.